The highest BCUT2D eigenvalue weighted by atomic mass is 32.1. The molecule has 0 bridgehead atoms. The molecule has 21 heavy (non-hydrogen) atoms. The Hall–Kier alpha value is -0.450. The summed E-state index contributed by atoms with van der Waals surface area (Å²) in [6, 6.07) is 0.677. The number of nitrogens with one attached hydrogen (secondary N) is 1. The SMILES string of the molecule is CC(C)C1CNC2(CCCCC2)CN1CCc1cscn1. The molecule has 1 atom stereocenters. The molecule has 1 unspecified atom stereocenters. The second-order valence-electron chi connectivity index (χ2n) is 7.23. The van der Waals surface area contributed by atoms with Crippen molar-refractivity contribution in [2.75, 3.05) is 19.6 Å². The van der Waals surface area contributed by atoms with E-state index < -0.39 is 0 Å². The van der Waals surface area contributed by atoms with Crippen molar-refractivity contribution in [2.24, 2.45) is 5.92 Å². The van der Waals surface area contributed by atoms with Gasteiger partial charge in [0.15, 0.2) is 0 Å². The first-order chi connectivity index (χ1) is 10.2. The zero-order valence-electron chi connectivity index (χ0n) is 13.5. The molecule has 1 N–H and O–H groups in total. The first kappa shape index (κ1) is 15.4. The van der Waals surface area contributed by atoms with Gasteiger partial charge in [0, 0.05) is 43.0 Å². The van der Waals surface area contributed by atoms with Crippen LogP contribution in [-0.2, 0) is 6.42 Å². The molecule has 3 rings (SSSR count). The van der Waals surface area contributed by atoms with Crippen molar-refractivity contribution >= 4 is 11.3 Å². The minimum atomic E-state index is 0.408. The topological polar surface area (TPSA) is 28.2 Å². The average Bonchev–Trinajstić information content (AvgIpc) is 2.99. The van der Waals surface area contributed by atoms with E-state index in [9.17, 15) is 0 Å². The van der Waals surface area contributed by atoms with E-state index in [1.54, 1.807) is 11.3 Å². The van der Waals surface area contributed by atoms with Gasteiger partial charge >= 0.3 is 0 Å². The monoisotopic (exact) mass is 307 g/mol. The standard InChI is InChI=1S/C17H29N3S/c1-14(2)16-10-19-17(7-4-3-5-8-17)12-20(16)9-6-15-11-21-13-18-15/h11,13-14,16,19H,3-10,12H2,1-2H3. The van der Waals surface area contributed by atoms with E-state index in [4.69, 9.17) is 0 Å². The van der Waals surface area contributed by atoms with Crippen LogP contribution in [0.25, 0.3) is 0 Å². The van der Waals surface area contributed by atoms with Gasteiger partial charge in [0.2, 0.25) is 0 Å². The maximum absolute atomic E-state index is 4.45. The summed E-state index contributed by atoms with van der Waals surface area (Å²) in [6.07, 6.45) is 8.06. The van der Waals surface area contributed by atoms with E-state index in [0.29, 0.717) is 17.5 Å². The molecule has 0 radical (unpaired) electrons. The Morgan fingerprint density at radius 2 is 2.19 bits per heavy atom. The first-order valence-electron chi connectivity index (χ1n) is 8.55. The summed E-state index contributed by atoms with van der Waals surface area (Å²) in [5.41, 5.74) is 3.63. The summed E-state index contributed by atoms with van der Waals surface area (Å²) in [5.74, 6) is 0.717. The number of nitrogens with zero attached hydrogens (tertiary/aromatic N) is 2. The molecule has 3 nitrogen and oxygen atoms in total. The molecule has 1 saturated heterocycles. The Kier molecular flexibility index (Phi) is 4.97. The molecule has 1 aromatic rings. The van der Waals surface area contributed by atoms with Gasteiger partial charge in [-0.1, -0.05) is 33.1 Å². The minimum absolute atomic E-state index is 0.408. The molecule has 118 valence electrons. The van der Waals surface area contributed by atoms with Gasteiger partial charge in [-0.05, 0) is 18.8 Å². The molecule has 0 amide bonds. The van der Waals surface area contributed by atoms with Crippen molar-refractivity contribution in [3.8, 4) is 0 Å². The van der Waals surface area contributed by atoms with Crippen LogP contribution in [0.5, 0.6) is 0 Å². The maximum Gasteiger partial charge on any atom is 0.0794 e. The summed E-state index contributed by atoms with van der Waals surface area (Å²) in [5, 5.41) is 6.13. The van der Waals surface area contributed by atoms with E-state index in [1.165, 1.54) is 44.3 Å². The van der Waals surface area contributed by atoms with Gasteiger partial charge in [-0.15, -0.1) is 11.3 Å². The predicted octanol–water partition coefficient (Wildman–Crippen LogP) is 3.32. The van der Waals surface area contributed by atoms with E-state index in [0.717, 1.165) is 19.5 Å². The number of thiazole rings is 1. The van der Waals surface area contributed by atoms with Gasteiger partial charge < -0.3 is 5.32 Å². The van der Waals surface area contributed by atoms with Crippen LogP contribution in [0, 0.1) is 5.92 Å². The summed E-state index contributed by atoms with van der Waals surface area (Å²) in [6.45, 7) is 8.28. The van der Waals surface area contributed by atoms with Crippen LogP contribution < -0.4 is 5.32 Å². The highest BCUT2D eigenvalue weighted by Crippen LogP contribution is 2.33. The number of hydrogen-bond donors (Lipinski definition) is 1. The number of rotatable bonds is 4. The average molecular weight is 308 g/mol. The number of piperazine rings is 1. The Morgan fingerprint density at radius 3 is 2.86 bits per heavy atom. The molecule has 1 aliphatic carbocycles. The van der Waals surface area contributed by atoms with Crippen molar-refractivity contribution in [1.82, 2.24) is 15.2 Å². The smallest absolute Gasteiger partial charge is 0.0794 e. The van der Waals surface area contributed by atoms with Gasteiger partial charge in [0.1, 0.15) is 0 Å². The highest BCUT2D eigenvalue weighted by Gasteiger charge is 2.40. The van der Waals surface area contributed by atoms with Crippen LogP contribution in [0.4, 0.5) is 0 Å². The second-order valence-corrected chi connectivity index (χ2v) is 7.95. The van der Waals surface area contributed by atoms with E-state index in [2.05, 4.69) is 34.4 Å². The number of aromatic nitrogens is 1. The molecule has 1 saturated carbocycles. The third-order valence-electron chi connectivity index (χ3n) is 5.38. The van der Waals surface area contributed by atoms with Crippen LogP contribution in [0.1, 0.15) is 51.6 Å². The third-order valence-corrected chi connectivity index (χ3v) is 6.02. The third kappa shape index (κ3) is 3.66. The highest BCUT2D eigenvalue weighted by molar-refractivity contribution is 7.07. The summed E-state index contributed by atoms with van der Waals surface area (Å²) >= 11 is 1.71. The molecular formula is C17H29N3S. The summed E-state index contributed by atoms with van der Waals surface area (Å²) in [4.78, 5) is 7.21. The zero-order valence-corrected chi connectivity index (χ0v) is 14.3. The Morgan fingerprint density at radius 1 is 1.38 bits per heavy atom. The fourth-order valence-electron chi connectivity index (χ4n) is 4.10. The zero-order chi connectivity index (χ0) is 14.7. The van der Waals surface area contributed by atoms with Gasteiger partial charge in [-0.25, -0.2) is 4.98 Å². The van der Waals surface area contributed by atoms with Crippen LogP contribution >= 0.6 is 11.3 Å². The van der Waals surface area contributed by atoms with E-state index in [1.807, 2.05) is 5.51 Å². The van der Waals surface area contributed by atoms with Crippen LogP contribution in [0.15, 0.2) is 10.9 Å². The van der Waals surface area contributed by atoms with Crippen LogP contribution in [-0.4, -0.2) is 41.1 Å². The Bertz CT molecular complexity index is 423. The molecule has 2 fully saturated rings. The van der Waals surface area contributed by atoms with Crippen LogP contribution in [0.3, 0.4) is 0 Å². The maximum atomic E-state index is 4.45. The molecule has 4 heteroatoms. The molecule has 1 spiro atoms. The van der Waals surface area contributed by atoms with Gasteiger partial charge in [0.25, 0.3) is 0 Å². The van der Waals surface area contributed by atoms with Crippen LogP contribution in [0.2, 0.25) is 0 Å². The fourth-order valence-corrected chi connectivity index (χ4v) is 4.69. The van der Waals surface area contributed by atoms with Crippen molar-refractivity contribution in [2.45, 2.75) is 64.0 Å². The lowest BCUT2D eigenvalue weighted by atomic mass is 9.78. The Labute approximate surface area is 133 Å². The predicted molar refractivity (Wildman–Crippen MR) is 89.8 cm³/mol. The minimum Gasteiger partial charge on any atom is -0.308 e. The lowest BCUT2D eigenvalue weighted by Gasteiger charge is -2.51. The summed E-state index contributed by atoms with van der Waals surface area (Å²) in [7, 11) is 0. The second kappa shape index (κ2) is 6.76. The van der Waals surface area contributed by atoms with E-state index in [-0.39, 0.29) is 0 Å². The lowest BCUT2D eigenvalue weighted by Crippen LogP contribution is -2.66. The van der Waals surface area contributed by atoms with Crippen molar-refractivity contribution in [3.05, 3.63) is 16.6 Å². The van der Waals surface area contributed by atoms with Gasteiger partial charge in [0.05, 0.1) is 11.2 Å². The van der Waals surface area contributed by atoms with Crippen molar-refractivity contribution in [1.29, 1.82) is 0 Å². The van der Waals surface area contributed by atoms with Gasteiger partial charge in [-0.3, -0.25) is 4.90 Å². The van der Waals surface area contributed by atoms with E-state index >= 15 is 0 Å². The molecule has 0 aromatic carbocycles. The molecule has 1 aromatic heterocycles. The summed E-state index contributed by atoms with van der Waals surface area (Å²) < 4.78 is 0. The van der Waals surface area contributed by atoms with Crippen molar-refractivity contribution < 1.29 is 0 Å². The largest absolute Gasteiger partial charge is 0.308 e. The number of hydrogen-bond acceptors (Lipinski definition) is 4. The van der Waals surface area contributed by atoms with Gasteiger partial charge in [-0.2, -0.15) is 0 Å². The Balaban J connectivity index is 1.65. The molecule has 2 heterocycles. The normalized spacial score (nSPS) is 26.5. The molecule has 1 aliphatic heterocycles. The van der Waals surface area contributed by atoms with Crippen molar-refractivity contribution in [3.63, 3.8) is 0 Å². The first-order valence-corrected chi connectivity index (χ1v) is 9.49. The molecular weight excluding hydrogens is 278 g/mol. The quantitative estimate of drug-likeness (QED) is 0.925. The lowest BCUT2D eigenvalue weighted by molar-refractivity contribution is 0.0372. The molecule has 2 aliphatic rings. The fraction of sp³-hybridized carbons (Fsp3) is 0.824.